The predicted molar refractivity (Wildman–Crippen MR) is 67.6 cm³/mol. The molecule has 0 saturated carbocycles. The van der Waals surface area contributed by atoms with E-state index >= 15 is 0 Å². The maximum absolute atomic E-state index is 11.1. The fourth-order valence-corrected chi connectivity index (χ4v) is 1.37. The van der Waals surface area contributed by atoms with Crippen molar-refractivity contribution in [3.63, 3.8) is 0 Å². The topological polar surface area (TPSA) is 55.6 Å². The zero-order valence-electron chi connectivity index (χ0n) is 9.27. The molecule has 0 aliphatic carbocycles. The first-order valence-electron chi connectivity index (χ1n) is 4.72. The molecule has 1 aromatic carbocycles. The van der Waals surface area contributed by atoms with Crippen molar-refractivity contribution in [2.45, 2.75) is 0 Å². The number of hydrogen-bond acceptors (Lipinski definition) is 4. The number of likely N-dealkylation sites (N-methyl/N-ethyl adjacent to an activating group) is 1. The van der Waals surface area contributed by atoms with Gasteiger partial charge in [-0.15, -0.1) is 0 Å². The Kier molecular flexibility index (Phi) is 4.25. The molecule has 16 heavy (non-hydrogen) atoms. The van der Waals surface area contributed by atoms with Gasteiger partial charge in [0.15, 0.2) is 0 Å². The molecule has 1 aromatic rings. The van der Waals surface area contributed by atoms with E-state index in [1.165, 1.54) is 7.11 Å². The van der Waals surface area contributed by atoms with Crippen molar-refractivity contribution in [1.29, 1.82) is 0 Å². The summed E-state index contributed by atoms with van der Waals surface area (Å²) in [6, 6.07) is 7.37. The summed E-state index contributed by atoms with van der Waals surface area (Å²) < 4.78 is 4.58. The van der Waals surface area contributed by atoms with E-state index in [1.54, 1.807) is 4.90 Å². The van der Waals surface area contributed by atoms with Crippen LogP contribution in [-0.2, 0) is 9.53 Å². The lowest BCUT2D eigenvalue weighted by molar-refractivity contribution is -0.138. The fraction of sp³-hybridized carbons (Fsp3) is 0.273. The summed E-state index contributed by atoms with van der Waals surface area (Å²) in [5.74, 6) is -0.277. The van der Waals surface area contributed by atoms with Crippen LogP contribution in [0.25, 0.3) is 0 Å². The van der Waals surface area contributed by atoms with Crippen molar-refractivity contribution in [2.75, 3.05) is 25.6 Å². The van der Waals surface area contributed by atoms with Crippen molar-refractivity contribution in [3.8, 4) is 0 Å². The van der Waals surface area contributed by atoms with Gasteiger partial charge in [-0.3, -0.25) is 4.79 Å². The summed E-state index contributed by atoms with van der Waals surface area (Å²) in [4.78, 5) is 13.2. The quantitative estimate of drug-likeness (QED) is 0.624. The molecule has 0 fully saturated rings. The van der Waals surface area contributed by atoms with Gasteiger partial charge in [0.1, 0.15) is 11.5 Å². The number of benzene rings is 1. The van der Waals surface area contributed by atoms with Gasteiger partial charge in [0, 0.05) is 18.3 Å². The number of carbonyl (C=O) groups is 1. The van der Waals surface area contributed by atoms with Crippen molar-refractivity contribution < 1.29 is 9.53 Å². The van der Waals surface area contributed by atoms with Crippen LogP contribution in [-0.4, -0.2) is 31.7 Å². The fourth-order valence-electron chi connectivity index (χ4n) is 1.23. The molecule has 0 aliphatic heterocycles. The standard InChI is InChI=1S/C11H14N2O2S/c1-13(7-10(14)15-2)9-5-3-8(4-6-9)11(12)16/h3-6H,7H2,1-2H3,(H2,12,16). The lowest BCUT2D eigenvalue weighted by Gasteiger charge is -2.17. The van der Waals surface area contributed by atoms with Gasteiger partial charge in [0.2, 0.25) is 0 Å². The Hall–Kier alpha value is -1.62. The molecule has 0 heterocycles. The third-order valence-electron chi connectivity index (χ3n) is 2.19. The normalized spacial score (nSPS) is 9.62. The second kappa shape index (κ2) is 5.46. The molecular weight excluding hydrogens is 224 g/mol. The van der Waals surface area contributed by atoms with E-state index < -0.39 is 0 Å². The largest absolute Gasteiger partial charge is 0.468 e. The Morgan fingerprint density at radius 2 is 2.00 bits per heavy atom. The molecule has 0 radical (unpaired) electrons. The second-order valence-electron chi connectivity index (χ2n) is 3.34. The minimum Gasteiger partial charge on any atom is -0.468 e. The highest BCUT2D eigenvalue weighted by molar-refractivity contribution is 7.80. The lowest BCUT2D eigenvalue weighted by Crippen LogP contribution is -2.26. The van der Waals surface area contributed by atoms with Gasteiger partial charge in [-0.2, -0.15) is 0 Å². The first kappa shape index (κ1) is 12.4. The second-order valence-corrected chi connectivity index (χ2v) is 3.78. The van der Waals surface area contributed by atoms with Crippen LogP contribution in [0.2, 0.25) is 0 Å². The summed E-state index contributed by atoms with van der Waals surface area (Å²) in [5.41, 5.74) is 7.20. The molecule has 0 bridgehead atoms. The molecule has 0 atom stereocenters. The number of thiocarbonyl (C=S) groups is 1. The summed E-state index contributed by atoms with van der Waals surface area (Å²) >= 11 is 4.85. The van der Waals surface area contributed by atoms with Gasteiger partial charge < -0.3 is 15.4 Å². The minimum atomic E-state index is -0.277. The van der Waals surface area contributed by atoms with Gasteiger partial charge >= 0.3 is 5.97 Å². The third kappa shape index (κ3) is 3.20. The summed E-state index contributed by atoms with van der Waals surface area (Å²) in [6.07, 6.45) is 0. The number of carbonyl (C=O) groups excluding carboxylic acids is 1. The molecule has 5 heteroatoms. The molecule has 2 N–H and O–H groups in total. The van der Waals surface area contributed by atoms with Gasteiger partial charge in [-0.05, 0) is 24.3 Å². The van der Waals surface area contributed by atoms with E-state index in [2.05, 4.69) is 4.74 Å². The van der Waals surface area contributed by atoms with Crippen molar-refractivity contribution in [3.05, 3.63) is 29.8 Å². The molecule has 0 unspecified atom stereocenters. The van der Waals surface area contributed by atoms with Crippen LogP contribution >= 0.6 is 12.2 Å². The number of rotatable bonds is 4. The SMILES string of the molecule is COC(=O)CN(C)c1ccc(C(N)=S)cc1. The predicted octanol–water partition coefficient (Wildman–Crippen LogP) is 0.930. The minimum absolute atomic E-state index is 0.211. The highest BCUT2D eigenvalue weighted by Crippen LogP contribution is 2.13. The summed E-state index contributed by atoms with van der Waals surface area (Å²) in [5, 5.41) is 0. The van der Waals surface area contributed by atoms with Gasteiger partial charge in [0.05, 0.1) is 7.11 Å². The monoisotopic (exact) mass is 238 g/mol. The van der Waals surface area contributed by atoms with Gasteiger partial charge in [-0.1, -0.05) is 12.2 Å². The van der Waals surface area contributed by atoms with E-state index in [0.29, 0.717) is 4.99 Å². The summed E-state index contributed by atoms with van der Waals surface area (Å²) in [7, 11) is 3.18. The Morgan fingerprint density at radius 1 is 1.44 bits per heavy atom. The average Bonchev–Trinajstić information content (AvgIpc) is 2.28. The van der Waals surface area contributed by atoms with Crippen LogP contribution < -0.4 is 10.6 Å². The van der Waals surface area contributed by atoms with Crippen molar-refractivity contribution >= 4 is 28.9 Å². The number of hydrogen-bond donors (Lipinski definition) is 1. The molecule has 0 spiro atoms. The van der Waals surface area contributed by atoms with Crippen LogP contribution in [0, 0.1) is 0 Å². The number of nitrogens with two attached hydrogens (primary N) is 1. The first-order valence-corrected chi connectivity index (χ1v) is 5.13. The molecule has 86 valence electrons. The van der Waals surface area contributed by atoms with Crippen molar-refractivity contribution in [1.82, 2.24) is 0 Å². The Morgan fingerprint density at radius 3 is 2.44 bits per heavy atom. The van der Waals surface area contributed by atoms with Crippen LogP contribution in [0.5, 0.6) is 0 Å². The molecule has 0 aromatic heterocycles. The highest BCUT2D eigenvalue weighted by atomic mass is 32.1. The van der Waals surface area contributed by atoms with E-state index in [4.69, 9.17) is 18.0 Å². The van der Waals surface area contributed by atoms with Crippen LogP contribution in [0.1, 0.15) is 5.56 Å². The number of esters is 1. The van der Waals surface area contributed by atoms with Crippen LogP contribution in [0.3, 0.4) is 0 Å². The number of anilines is 1. The number of methoxy groups -OCH3 is 1. The molecule has 0 aliphatic rings. The molecule has 0 amide bonds. The zero-order valence-corrected chi connectivity index (χ0v) is 10.1. The van der Waals surface area contributed by atoms with Crippen LogP contribution in [0.4, 0.5) is 5.69 Å². The first-order chi connectivity index (χ1) is 7.54. The number of nitrogens with zero attached hydrogens (tertiary/aromatic N) is 1. The maximum atomic E-state index is 11.1. The Bertz CT molecular complexity index is 389. The van der Waals surface area contributed by atoms with E-state index in [9.17, 15) is 4.79 Å². The number of ether oxygens (including phenoxy) is 1. The van der Waals surface area contributed by atoms with Gasteiger partial charge in [-0.25, -0.2) is 0 Å². The molecule has 0 saturated heterocycles. The summed E-state index contributed by atoms with van der Waals surface area (Å²) in [6.45, 7) is 0.211. The Labute approximate surface area is 100.0 Å². The van der Waals surface area contributed by atoms with E-state index in [0.717, 1.165) is 11.3 Å². The molecule has 1 rings (SSSR count). The average molecular weight is 238 g/mol. The lowest BCUT2D eigenvalue weighted by atomic mass is 10.2. The third-order valence-corrected chi connectivity index (χ3v) is 2.42. The van der Waals surface area contributed by atoms with Crippen molar-refractivity contribution in [2.24, 2.45) is 5.73 Å². The smallest absolute Gasteiger partial charge is 0.325 e. The van der Waals surface area contributed by atoms with Crippen LogP contribution in [0.15, 0.2) is 24.3 Å². The Balaban J connectivity index is 2.73. The molecule has 4 nitrogen and oxygen atoms in total. The zero-order chi connectivity index (χ0) is 12.1. The maximum Gasteiger partial charge on any atom is 0.325 e. The van der Waals surface area contributed by atoms with Gasteiger partial charge in [0.25, 0.3) is 0 Å². The van der Waals surface area contributed by atoms with E-state index in [1.807, 2.05) is 31.3 Å². The van der Waals surface area contributed by atoms with E-state index in [-0.39, 0.29) is 12.5 Å². The molecular formula is C11H14N2O2S. The highest BCUT2D eigenvalue weighted by Gasteiger charge is 2.07.